The van der Waals surface area contributed by atoms with E-state index in [0.29, 0.717) is 41.1 Å². The fourth-order valence-corrected chi connectivity index (χ4v) is 5.74. The van der Waals surface area contributed by atoms with Gasteiger partial charge in [-0.1, -0.05) is 30.0 Å². The molecule has 0 bridgehead atoms. The molecule has 0 radical (unpaired) electrons. The summed E-state index contributed by atoms with van der Waals surface area (Å²) < 4.78 is 11.8. The van der Waals surface area contributed by atoms with Gasteiger partial charge in [-0.15, -0.1) is 11.3 Å². The summed E-state index contributed by atoms with van der Waals surface area (Å²) in [7, 11) is 0. The third-order valence-corrected chi connectivity index (χ3v) is 7.77. The molecule has 1 saturated heterocycles. The standard InChI is InChI=1S/C30H29N5O3S2/c1-30(2,3)38-29(36)35-14-13-21(18-35)25-19-39-28(33-25)34-27-26(37-22-7-5-4-6-8-22)15-24(17-32-27)40-23-11-9-20(16-31)10-12-23/h4-12,15,17,19,21H,13-14,18H2,1-3H3,(H,32,33,34). The van der Waals surface area contributed by atoms with Crippen LogP contribution in [0, 0.1) is 11.3 Å². The molecule has 204 valence electrons. The van der Waals surface area contributed by atoms with E-state index in [9.17, 15) is 4.79 Å². The Labute approximate surface area is 242 Å². The Hall–Kier alpha value is -4.07. The van der Waals surface area contributed by atoms with Crippen molar-refractivity contribution in [3.63, 3.8) is 0 Å². The van der Waals surface area contributed by atoms with Gasteiger partial charge in [-0.3, -0.25) is 0 Å². The first-order chi connectivity index (χ1) is 19.3. The Bertz CT molecular complexity index is 1510. The Kier molecular flexibility index (Phi) is 8.24. The fourth-order valence-electron chi connectivity index (χ4n) is 4.13. The molecule has 0 saturated carbocycles. The first kappa shape index (κ1) is 27.5. The summed E-state index contributed by atoms with van der Waals surface area (Å²) in [5, 5.41) is 15.1. The number of carbonyl (C=O) groups is 1. The summed E-state index contributed by atoms with van der Waals surface area (Å²) in [5.74, 6) is 1.97. The second-order valence-electron chi connectivity index (χ2n) is 10.3. The molecular weight excluding hydrogens is 542 g/mol. The Morgan fingerprint density at radius 1 is 1.15 bits per heavy atom. The zero-order chi connectivity index (χ0) is 28.1. The predicted octanol–water partition coefficient (Wildman–Crippen LogP) is 7.82. The van der Waals surface area contributed by atoms with Crippen LogP contribution in [-0.4, -0.2) is 39.7 Å². The molecule has 1 aliphatic heterocycles. The van der Waals surface area contributed by atoms with Crippen LogP contribution in [0.3, 0.4) is 0 Å². The lowest BCUT2D eigenvalue weighted by molar-refractivity contribution is 0.0292. The molecule has 2 aromatic heterocycles. The molecule has 3 heterocycles. The summed E-state index contributed by atoms with van der Waals surface area (Å²) in [6, 6.07) is 21.1. The van der Waals surface area contributed by atoms with Crippen LogP contribution >= 0.6 is 23.1 Å². The zero-order valence-corrected chi connectivity index (χ0v) is 24.1. The second kappa shape index (κ2) is 12.0. The van der Waals surface area contributed by atoms with Crippen molar-refractivity contribution in [2.24, 2.45) is 0 Å². The predicted molar refractivity (Wildman–Crippen MR) is 157 cm³/mol. The lowest BCUT2D eigenvalue weighted by atomic mass is 10.1. The van der Waals surface area contributed by atoms with Crippen LogP contribution in [0.5, 0.6) is 11.5 Å². The minimum atomic E-state index is -0.518. The highest BCUT2D eigenvalue weighted by Crippen LogP contribution is 2.37. The van der Waals surface area contributed by atoms with Crippen molar-refractivity contribution in [1.29, 1.82) is 5.26 Å². The molecular formula is C30H29N5O3S2. The van der Waals surface area contributed by atoms with Crippen LogP contribution in [0.1, 0.15) is 44.4 Å². The number of anilines is 2. The highest BCUT2D eigenvalue weighted by Gasteiger charge is 2.31. The first-order valence-electron chi connectivity index (χ1n) is 12.9. The van der Waals surface area contributed by atoms with Crippen LogP contribution in [0.4, 0.5) is 15.7 Å². The summed E-state index contributed by atoms with van der Waals surface area (Å²) in [4.78, 5) is 25.6. The molecule has 1 atom stereocenters. The average Bonchev–Trinajstić information content (AvgIpc) is 3.60. The van der Waals surface area contributed by atoms with Gasteiger partial charge in [0.1, 0.15) is 11.4 Å². The van der Waals surface area contributed by atoms with Gasteiger partial charge in [-0.2, -0.15) is 5.26 Å². The Balaban J connectivity index is 1.31. The van der Waals surface area contributed by atoms with E-state index in [0.717, 1.165) is 21.9 Å². The highest BCUT2D eigenvalue weighted by atomic mass is 32.2. The minimum absolute atomic E-state index is 0.151. The SMILES string of the molecule is CC(C)(C)OC(=O)N1CCC(c2csc(Nc3ncc(Sc4ccc(C#N)cc4)cc3Oc3ccccc3)n2)C1. The van der Waals surface area contributed by atoms with E-state index >= 15 is 0 Å². The Morgan fingerprint density at radius 3 is 2.65 bits per heavy atom. The number of amides is 1. The van der Waals surface area contributed by atoms with Crippen molar-refractivity contribution >= 4 is 40.1 Å². The van der Waals surface area contributed by atoms with Gasteiger partial charge in [-0.25, -0.2) is 14.8 Å². The van der Waals surface area contributed by atoms with E-state index in [2.05, 4.69) is 16.4 Å². The number of hydrogen-bond acceptors (Lipinski definition) is 9. The van der Waals surface area contributed by atoms with Gasteiger partial charge in [0.05, 0.1) is 17.3 Å². The normalized spacial score (nSPS) is 14.9. The molecule has 40 heavy (non-hydrogen) atoms. The molecule has 1 N–H and O–H groups in total. The maximum absolute atomic E-state index is 12.5. The van der Waals surface area contributed by atoms with Gasteiger partial charge in [-0.05, 0) is 63.6 Å². The quantitative estimate of drug-likeness (QED) is 0.240. The molecule has 8 nitrogen and oxygen atoms in total. The van der Waals surface area contributed by atoms with E-state index in [1.807, 2.05) is 74.7 Å². The number of carbonyl (C=O) groups excluding carboxylic acids is 1. The number of benzene rings is 2. The van der Waals surface area contributed by atoms with E-state index < -0.39 is 5.60 Å². The van der Waals surface area contributed by atoms with Crippen molar-refractivity contribution < 1.29 is 14.3 Å². The van der Waals surface area contributed by atoms with Crippen LogP contribution in [0.2, 0.25) is 0 Å². The van der Waals surface area contributed by atoms with Crippen molar-refractivity contribution in [1.82, 2.24) is 14.9 Å². The largest absolute Gasteiger partial charge is 0.453 e. The number of aromatic nitrogens is 2. The summed E-state index contributed by atoms with van der Waals surface area (Å²) in [6.45, 7) is 6.85. The van der Waals surface area contributed by atoms with E-state index in [-0.39, 0.29) is 12.0 Å². The van der Waals surface area contributed by atoms with Gasteiger partial charge in [0.25, 0.3) is 0 Å². The topological polar surface area (TPSA) is 100 Å². The number of likely N-dealkylation sites (tertiary alicyclic amines) is 1. The molecule has 1 aliphatic rings. The molecule has 5 rings (SSSR count). The molecule has 4 aromatic rings. The molecule has 2 aromatic carbocycles. The van der Waals surface area contributed by atoms with Gasteiger partial charge in [0.15, 0.2) is 16.7 Å². The molecule has 0 spiro atoms. The van der Waals surface area contributed by atoms with Gasteiger partial charge in [0, 0.05) is 46.4 Å². The minimum Gasteiger partial charge on any atom is -0.453 e. The lowest BCUT2D eigenvalue weighted by Gasteiger charge is -2.24. The third-order valence-electron chi connectivity index (χ3n) is 6.02. The molecule has 1 unspecified atom stereocenters. The molecule has 1 amide bonds. The van der Waals surface area contributed by atoms with Gasteiger partial charge >= 0.3 is 6.09 Å². The number of nitrogens with zero attached hydrogens (tertiary/aromatic N) is 4. The molecule has 10 heteroatoms. The fraction of sp³-hybridized carbons (Fsp3) is 0.267. The van der Waals surface area contributed by atoms with Crippen LogP contribution < -0.4 is 10.1 Å². The van der Waals surface area contributed by atoms with Crippen molar-refractivity contribution in [3.8, 4) is 17.6 Å². The van der Waals surface area contributed by atoms with Crippen molar-refractivity contribution in [3.05, 3.63) is 83.5 Å². The zero-order valence-electron chi connectivity index (χ0n) is 22.5. The first-order valence-corrected chi connectivity index (χ1v) is 14.6. The van der Waals surface area contributed by atoms with E-state index in [1.165, 1.54) is 23.1 Å². The number of hydrogen-bond donors (Lipinski definition) is 1. The van der Waals surface area contributed by atoms with Crippen LogP contribution in [-0.2, 0) is 4.74 Å². The number of ether oxygens (including phenoxy) is 2. The highest BCUT2D eigenvalue weighted by molar-refractivity contribution is 7.99. The number of nitriles is 1. The van der Waals surface area contributed by atoms with Crippen molar-refractivity contribution in [2.45, 2.75) is 48.5 Å². The number of rotatable bonds is 7. The van der Waals surface area contributed by atoms with E-state index in [4.69, 9.17) is 19.7 Å². The average molecular weight is 572 g/mol. The summed E-state index contributed by atoms with van der Waals surface area (Å²) >= 11 is 3.03. The van der Waals surface area contributed by atoms with Crippen LogP contribution in [0.25, 0.3) is 0 Å². The maximum atomic E-state index is 12.5. The monoisotopic (exact) mass is 571 g/mol. The lowest BCUT2D eigenvalue weighted by Crippen LogP contribution is -2.35. The third kappa shape index (κ3) is 7.11. The number of para-hydroxylation sites is 1. The van der Waals surface area contributed by atoms with Gasteiger partial charge in [0.2, 0.25) is 0 Å². The Morgan fingerprint density at radius 2 is 1.93 bits per heavy atom. The smallest absolute Gasteiger partial charge is 0.410 e. The molecule has 1 fully saturated rings. The van der Waals surface area contributed by atoms with Gasteiger partial charge < -0.3 is 19.7 Å². The number of thiazole rings is 1. The molecule has 0 aliphatic carbocycles. The summed E-state index contributed by atoms with van der Waals surface area (Å²) in [5.41, 5.74) is 1.04. The number of pyridine rings is 1. The number of nitrogens with one attached hydrogen (secondary N) is 1. The maximum Gasteiger partial charge on any atom is 0.410 e. The second-order valence-corrected chi connectivity index (χ2v) is 12.3. The summed E-state index contributed by atoms with van der Waals surface area (Å²) in [6.07, 6.45) is 2.34. The van der Waals surface area contributed by atoms with Crippen molar-refractivity contribution in [2.75, 3.05) is 18.4 Å². The van der Waals surface area contributed by atoms with E-state index in [1.54, 1.807) is 23.2 Å². The van der Waals surface area contributed by atoms with Crippen LogP contribution in [0.15, 0.2) is 82.0 Å².